The highest BCUT2D eigenvalue weighted by Crippen LogP contribution is 2.46. The molecule has 0 saturated carbocycles. The van der Waals surface area contributed by atoms with Gasteiger partial charge in [-0.2, -0.15) is 5.10 Å². The Bertz CT molecular complexity index is 1480. The van der Waals surface area contributed by atoms with E-state index in [2.05, 4.69) is 23.3 Å². The number of hydrogen-bond acceptors (Lipinski definition) is 5. The minimum atomic E-state index is -1.13. The topological polar surface area (TPSA) is 77.2 Å². The highest BCUT2D eigenvalue weighted by Gasteiger charge is 2.34. The van der Waals surface area contributed by atoms with Crippen LogP contribution in [-0.2, 0) is 22.4 Å². The van der Waals surface area contributed by atoms with Gasteiger partial charge in [-0.1, -0.05) is 12.1 Å². The first kappa shape index (κ1) is 24.7. The van der Waals surface area contributed by atoms with E-state index in [1.807, 2.05) is 58.4 Å². The summed E-state index contributed by atoms with van der Waals surface area (Å²) in [5, 5.41) is 16.1. The van der Waals surface area contributed by atoms with Gasteiger partial charge < -0.3 is 9.84 Å². The molecule has 6 nitrogen and oxygen atoms in total. The smallest absolute Gasteiger partial charge is 0.337 e. The van der Waals surface area contributed by atoms with Gasteiger partial charge in [-0.05, 0) is 96.6 Å². The van der Waals surface area contributed by atoms with Gasteiger partial charge in [0.2, 0.25) is 0 Å². The largest absolute Gasteiger partial charge is 0.479 e. The Labute approximate surface area is 216 Å². The van der Waals surface area contributed by atoms with E-state index in [-0.39, 0.29) is 0 Å². The van der Waals surface area contributed by atoms with Crippen LogP contribution in [0.5, 0.6) is 0 Å². The molecule has 0 radical (unpaired) electrons. The molecule has 4 aromatic rings. The summed E-state index contributed by atoms with van der Waals surface area (Å²) in [5.41, 5.74) is 6.86. The van der Waals surface area contributed by atoms with Gasteiger partial charge >= 0.3 is 5.97 Å². The molecule has 0 aliphatic heterocycles. The molecule has 7 heteroatoms. The van der Waals surface area contributed by atoms with E-state index in [0.29, 0.717) is 11.3 Å². The molecule has 5 rings (SSSR count). The zero-order valence-corrected chi connectivity index (χ0v) is 22.6. The maximum Gasteiger partial charge on any atom is 0.337 e. The lowest BCUT2D eigenvalue weighted by Crippen LogP contribution is -2.28. The lowest BCUT2D eigenvalue weighted by atomic mass is 9.88. The third-order valence-corrected chi connectivity index (χ3v) is 7.86. The van der Waals surface area contributed by atoms with Gasteiger partial charge in [-0.3, -0.25) is 0 Å². The van der Waals surface area contributed by atoms with Crippen LogP contribution >= 0.6 is 11.3 Å². The molecule has 0 amide bonds. The number of pyridine rings is 1. The lowest BCUT2D eigenvalue weighted by molar-refractivity contribution is -0.160. The van der Waals surface area contributed by atoms with Crippen LogP contribution in [0.3, 0.4) is 0 Å². The second kappa shape index (κ2) is 9.12. The highest BCUT2D eigenvalue weighted by atomic mass is 32.1. The van der Waals surface area contributed by atoms with Gasteiger partial charge in [-0.15, -0.1) is 11.3 Å². The van der Waals surface area contributed by atoms with E-state index in [9.17, 15) is 9.90 Å². The molecular formula is C29H33N3O3S. The highest BCUT2D eigenvalue weighted by molar-refractivity contribution is 7.19. The zero-order chi connectivity index (χ0) is 25.8. The van der Waals surface area contributed by atoms with Gasteiger partial charge in [0.05, 0.1) is 17.0 Å². The Balaban J connectivity index is 1.84. The molecule has 1 aliphatic rings. The average molecular weight is 504 g/mol. The molecule has 0 spiro atoms. The van der Waals surface area contributed by atoms with Crippen molar-refractivity contribution < 1.29 is 14.6 Å². The Hall–Kier alpha value is -3.03. The summed E-state index contributed by atoms with van der Waals surface area (Å²) in [6.07, 6.45) is 3.22. The molecule has 3 aromatic heterocycles. The fraction of sp³-hybridized carbons (Fsp3) is 0.414. The third kappa shape index (κ3) is 4.46. The molecule has 1 atom stereocenters. The monoisotopic (exact) mass is 503 g/mol. The Kier molecular flexibility index (Phi) is 6.25. The van der Waals surface area contributed by atoms with E-state index >= 15 is 0 Å². The fourth-order valence-electron chi connectivity index (χ4n) is 5.31. The molecule has 0 bridgehead atoms. The number of nitrogens with zero attached hydrogens (tertiary/aromatic N) is 3. The number of carboxylic acids is 1. The molecule has 1 aliphatic carbocycles. The van der Waals surface area contributed by atoms with E-state index in [0.717, 1.165) is 57.7 Å². The quantitative estimate of drug-likeness (QED) is 0.321. The van der Waals surface area contributed by atoms with Crippen molar-refractivity contribution in [3.05, 3.63) is 63.4 Å². The first-order chi connectivity index (χ1) is 17.0. The first-order valence-corrected chi connectivity index (χ1v) is 13.3. The van der Waals surface area contributed by atoms with Crippen molar-refractivity contribution >= 4 is 27.5 Å². The number of hydrogen-bond donors (Lipinski definition) is 1. The molecule has 1 N–H and O–H groups in total. The number of carbonyl (C=O) groups is 1. The van der Waals surface area contributed by atoms with E-state index in [4.69, 9.17) is 9.72 Å². The van der Waals surface area contributed by atoms with Crippen LogP contribution in [-0.4, -0.2) is 31.4 Å². The molecular weight excluding hydrogens is 470 g/mol. The van der Waals surface area contributed by atoms with Gasteiger partial charge in [0.1, 0.15) is 4.83 Å². The second-order valence-corrected chi connectivity index (χ2v) is 11.8. The maximum absolute atomic E-state index is 12.6. The first-order valence-electron chi connectivity index (χ1n) is 12.5. The van der Waals surface area contributed by atoms with Gasteiger partial charge in [0.15, 0.2) is 6.10 Å². The number of benzene rings is 1. The number of fused-ring (bicyclic) bond motifs is 3. The average Bonchev–Trinajstić information content (AvgIpc) is 3.34. The summed E-state index contributed by atoms with van der Waals surface area (Å²) in [6, 6.07) is 10.3. The number of rotatable bonds is 5. The Morgan fingerprint density at radius 3 is 2.56 bits per heavy atom. The lowest BCUT2D eigenvalue weighted by Gasteiger charge is -2.28. The predicted molar refractivity (Wildman–Crippen MR) is 144 cm³/mol. The number of aliphatic carboxylic acids is 1. The Morgan fingerprint density at radius 1 is 1.14 bits per heavy atom. The normalized spacial score (nSPS) is 14.7. The van der Waals surface area contributed by atoms with Crippen LogP contribution in [0.2, 0.25) is 0 Å². The van der Waals surface area contributed by atoms with Gasteiger partial charge in [-0.25, -0.2) is 14.5 Å². The number of ether oxygens (including phenoxy) is 1. The van der Waals surface area contributed by atoms with Gasteiger partial charge in [0, 0.05) is 32.8 Å². The maximum atomic E-state index is 12.6. The van der Waals surface area contributed by atoms with Crippen molar-refractivity contribution in [1.82, 2.24) is 14.8 Å². The number of aromatic nitrogens is 3. The van der Waals surface area contributed by atoms with Crippen molar-refractivity contribution in [2.45, 2.75) is 78.9 Å². The van der Waals surface area contributed by atoms with Crippen LogP contribution in [0, 0.1) is 20.8 Å². The van der Waals surface area contributed by atoms with E-state index < -0.39 is 17.7 Å². The van der Waals surface area contributed by atoms with Crippen molar-refractivity contribution in [2.75, 3.05) is 0 Å². The number of thiophene rings is 1. The second-order valence-electron chi connectivity index (χ2n) is 10.7. The number of aryl methyl sites for hydroxylation is 5. The minimum absolute atomic E-state index is 0.638. The molecule has 0 unspecified atom stereocenters. The third-order valence-electron chi connectivity index (χ3n) is 6.68. The van der Waals surface area contributed by atoms with Crippen molar-refractivity contribution in [1.29, 1.82) is 0 Å². The van der Waals surface area contributed by atoms with E-state index in [1.54, 1.807) is 11.3 Å². The molecule has 0 saturated heterocycles. The van der Waals surface area contributed by atoms with Crippen LogP contribution in [0.15, 0.2) is 30.3 Å². The minimum Gasteiger partial charge on any atom is -0.479 e. The van der Waals surface area contributed by atoms with Crippen molar-refractivity contribution in [2.24, 2.45) is 0 Å². The summed E-state index contributed by atoms with van der Waals surface area (Å²) < 4.78 is 8.12. The number of carboxylic acid groups (broad SMARTS) is 1. The van der Waals surface area contributed by atoms with Crippen LogP contribution in [0.4, 0.5) is 0 Å². The molecule has 1 aromatic carbocycles. The predicted octanol–water partition coefficient (Wildman–Crippen LogP) is 6.89. The van der Waals surface area contributed by atoms with E-state index in [1.165, 1.54) is 16.9 Å². The zero-order valence-electron chi connectivity index (χ0n) is 21.8. The standard InChI is InChI=1S/C29H33N3O3S/c1-16-14-17(2)32(31-16)20-11-9-10-19(15-20)24-23(26(28(33)34)35-29(4,5)6)18(3)30-27-25(24)21-12-7-8-13-22(21)36-27/h9-11,14-15,26H,7-8,12-13H2,1-6H3,(H,33,34)/t26-/m0/s1. The molecule has 36 heavy (non-hydrogen) atoms. The summed E-state index contributed by atoms with van der Waals surface area (Å²) in [4.78, 5) is 20.0. The van der Waals surface area contributed by atoms with Crippen LogP contribution in [0.25, 0.3) is 27.0 Å². The SMILES string of the molecule is Cc1cc(C)n(-c2cccc(-c3c([C@H](OC(C)(C)C)C(=O)O)c(C)nc4sc5c(c34)CCCC5)c2)n1. The summed E-state index contributed by atoms with van der Waals surface area (Å²) in [6.45, 7) is 11.6. The van der Waals surface area contributed by atoms with Crippen molar-refractivity contribution in [3.8, 4) is 16.8 Å². The molecule has 188 valence electrons. The summed E-state index contributed by atoms with van der Waals surface area (Å²) >= 11 is 1.75. The van der Waals surface area contributed by atoms with Crippen molar-refractivity contribution in [3.63, 3.8) is 0 Å². The molecule has 0 fully saturated rings. The van der Waals surface area contributed by atoms with Gasteiger partial charge in [0.25, 0.3) is 0 Å². The Morgan fingerprint density at radius 2 is 1.89 bits per heavy atom. The summed E-state index contributed by atoms with van der Waals surface area (Å²) in [5.74, 6) is -1.01. The fourth-order valence-corrected chi connectivity index (χ4v) is 6.62. The van der Waals surface area contributed by atoms with Crippen LogP contribution in [0.1, 0.15) is 72.8 Å². The molecule has 3 heterocycles. The summed E-state index contributed by atoms with van der Waals surface area (Å²) in [7, 11) is 0. The van der Waals surface area contributed by atoms with Crippen LogP contribution < -0.4 is 0 Å².